The van der Waals surface area contributed by atoms with E-state index in [-0.39, 0.29) is 0 Å². The van der Waals surface area contributed by atoms with E-state index >= 15 is 0 Å². The zero-order valence-electron chi connectivity index (χ0n) is 14.5. The fourth-order valence-electron chi connectivity index (χ4n) is 2.44. The van der Waals surface area contributed by atoms with Gasteiger partial charge in [0.1, 0.15) is 10.0 Å². The number of nitrogens with zero attached hydrogens (tertiary/aromatic N) is 1. The first-order valence-electron chi connectivity index (χ1n) is 8.42. The lowest BCUT2D eigenvalue weighted by atomic mass is 10.1. The molecule has 0 fully saturated rings. The van der Waals surface area contributed by atoms with Crippen LogP contribution in [0.25, 0.3) is 0 Å². The molecule has 0 saturated carbocycles. The van der Waals surface area contributed by atoms with Gasteiger partial charge in [-0.1, -0.05) is 37.3 Å². The summed E-state index contributed by atoms with van der Waals surface area (Å²) < 4.78 is 27.6. The first-order chi connectivity index (χ1) is 12.6. The van der Waals surface area contributed by atoms with E-state index in [9.17, 15) is 8.42 Å². The van der Waals surface area contributed by atoms with E-state index in [4.69, 9.17) is 0 Å². The number of rotatable bonds is 8. The summed E-state index contributed by atoms with van der Waals surface area (Å²) in [6.45, 7) is 2.78. The van der Waals surface area contributed by atoms with Gasteiger partial charge in [0, 0.05) is 11.4 Å². The van der Waals surface area contributed by atoms with Gasteiger partial charge in [-0.05, 0) is 42.7 Å². The standard InChI is InChI=1S/C19H21N3O2S2/c1-2-17-9-11-19(25-17)26(23,24)22-18-10-8-16(14-21-18)20-13-12-15-6-4-3-5-7-15/h3-11,14,20H,2,12-13H2,1H3,(H,21,22). The normalized spacial score (nSPS) is 11.3. The summed E-state index contributed by atoms with van der Waals surface area (Å²) >= 11 is 1.28. The molecule has 0 bridgehead atoms. The molecular weight excluding hydrogens is 366 g/mol. The molecule has 0 aliphatic rings. The molecule has 2 N–H and O–H groups in total. The number of hydrogen-bond acceptors (Lipinski definition) is 5. The Morgan fingerprint density at radius 1 is 1.04 bits per heavy atom. The monoisotopic (exact) mass is 387 g/mol. The second kappa shape index (κ2) is 8.33. The summed E-state index contributed by atoms with van der Waals surface area (Å²) in [4.78, 5) is 5.23. The Hall–Kier alpha value is -2.38. The average molecular weight is 388 g/mol. The Labute approximate surface area is 158 Å². The van der Waals surface area contributed by atoms with E-state index < -0.39 is 10.0 Å². The number of aromatic nitrogens is 1. The molecule has 7 heteroatoms. The number of aryl methyl sites for hydroxylation is 1. The Morgan fingerprint density at radius 3 is 2.50 bits per heavy atom. The molecule has 0 unspecified atom stereocenters. The summed E-state index contributed by atoms with van der Waals surface area (Å²) in [5, 5.41) is 3.29. The van der Waals surface area contributed by atoms with Crippen LogP contribution in [0.1, 0.15) is 17.4 Å². The minimum atomic E-state index is -3.58. The van der Waals surface area contributed by atoms with Crippen molar-refractivity contribution in [1.29, 1.82) is 0 Å². The molecule has 2 aromatic heterocycles. The third-order valence-electron chi connectivity index (χ3n) is 3.84. The second-order valence-electron chi connectivity index (χ2n) is 5.77. The second-order valence-corrected chi connectivity index (χ2v) is 8.85. The first-order valence-corrected chi connectivity index (χ1v) is 10.7. The summed E-state index contributed by atoms with van der Waals surface area (Å²) in [5.74, 6) is 0.310. The quantitative estimate of drug-likeness (QED) is 0.609. The molecule has 0 atom stereocenters. The number of anilines is 2. The van der Waals surface area contributed by atoms with Gasteiger partial charge in [0.2, 0.25) is 0 Å². The van der Waals surface area contributed by atoms with Crippen LogP contribution in [0.5, 0.6) is 0 Å². The molecule has 0 aliphatic heterocycles. The van der Waals surface area contributed by atoms with Crippen molar-refractivity contribution in [1.82, 2.24) is 4.98 Å². The van der Waals surface area contributed by atoms with Gasteiger partial charge in [-0.2, -0.15) is 0 Å². The largest absolute Gasteiger partial charge is 0.383 e. The summed E-state index contributed by atoms with van der Waals surface area (Å²) in [6.07, 6.45) is 3.36. The van der Waals surface area contributed by atoms with Crippen molar-refractivity contribution in [3.63, 3.8) is 0 Å². The van der Waals surface area contributed by atoms with Gasteiger partial charge in [0.05, 0.1) is 11.9 Å². The lowest BCUT2D eigenvalue weighted by molar-refractivity contribution is 0.603. The van der Waals surface area contributed by atoms with Crippen molar-refractivity contribution >= 4 is 32.9 Å². The lowest BCUT2D eigenvalue weighted by Gasteiger charge is -2.08. The van der Waals surface area contributed by atoms with Crippen LogP contribution in [-0.4, -0.2) is 19.9 Å². The number of thiophene rings is 1. The van der Waals surface area contributed by atoms with Crippen LogP contribution in [0.15, 0.2) is 65.0 Å². The van der Waals surface area contributed by atoms with Crippen LogP contribution in [0.2, 0.25) is 0 Å². The predicted octanol–water partition coefficient (Wildman–Crippen LogP) is 4.16. The van der Waals surface area contributed by atoms with Crippen molar-refractivity contribution in [3.05, 3.63) is 71.2 Å². The minimum Gasteiger partial charge on any atom is -0.383 e. The highest BCUT2D eigenvalue weighted by atomic mass is 32.2. The van der Waals surface area contributed by atoms with Crippen LogP contribution in [0.3, 0.4) is 0 Å². The number of nitrogens with one attached hydrogen (secondary N) is 2. The molecule has 1 aromatic carbocycles. The zero-order valence-corrected chi connectivity index (χ0v) is 16.1. The van der Waals surface area contributed by atoms with Crippen LogP contribution < -0.4 is 10.0 Å². The molecule has 0 amide bonds. The summed E-state index contributed by atoms with van der Waals surface area (Å²) in [7, 11) is -3.58. The Morgan fingerprint density at radius 2 is 1.85 bits per heavy atom. The van der Waals surface area contributed by atoms with E-state index in [0.717, 1.165) is 30.0 Å². The van der Waals surface area contributed by atoms with Gasteiger partial charge in [-0.3, -0.25) is 4.72 Å². The molecule has 3 aromatic rings. The van der Waals surface area contributed by atoms with E-state index in [1.54, 1.807) is 18.3 Å². The molecule has 26 heavy (non-hydrogen) atoms. The minimum absolute atomic E-state index is 0.307. The topological polar surface area (TPSA) is 71.1 Å². The van der Waals surface area contributed by atoms with Gasteiger partial charge < -0.3 is 5.32 Å². The molecule has 0 radical (unpaired) electrons. The van der Waals surface area contributed by atoms with Crippen LogP contribution in [-0.2, 0) is 22.9 Å². The number of sulfonamides is 1. The smallest absolute Gasteiger partial charge is 0.272 e. The summed E-state index contributed by atoms with van der Waals surface area (Å²) in [6, 6.07) is 17.2. The van der Waals surface area contributed by atoms with Gasteiger partial charge in [-0.25, -0.2) is 13.4 Å². The van der Waals surface area contributed by atoms with Gasteiger partial charge in [0.15, 0.2) is 0 Å². The average Bonchev–Trinajstić information content (AvgIpc) is 3.14. The predicted molar refractivity (Wildman–Crippen MR) is 107 cm³/mol. The molecule has 2 heterocycles. The van der Waals surface area contributed by atoms with Crippen LogP contribution >= 0.6 is 11.3 Å². The van der Waals surface area contributed by atoms with E-state index in [1.807, 2.05) is 37.3 Å². The fourth-order valence-corrected chi connectivity index (χ4v) is 4.74. The molecule has 136 valence electrons. The third kappa shape index (κ3) is 4.83. The highest BCUT2D eigenvalue weighted by Gasteiger charge is 2.17. The molecule has 0 aliphatic carbocycles. The summed E-state index contributed by atoms with van der Waals surface area (Å²) in [5.41, 5.74) is 2.12. The highest BCUT2D eigenvalue weighted by molar-refractivity contribution is 7.94. The fraction of sp³-hybridized carbons (Fsp3) is 0.211. The van der Waals surface area contributed by atoms with Crippen LogP contribution in [0, 0.1) is 0 Å². The number of pyridine rings is 1. The molecule has 0 saturated heterocycles. The SMILES string of the molecule is CCc1ccc(S(=O)(=O)Nc2ccc(NCCc3ccccc3)cn2)s1. The van der Waals surface area contributed by atoms with Gasteiger partial charge >= 0.3 is 0 Å². The van der Waals surface area contributed by atoms with Crippen molar-refractivity contribution in [2.45, 2.75) is 24.0 Å². The maximum Gasteiger partial charge on any atom is 0.272 e. The van der Waals surface area contributed by atoms with Gasteiger partial charge in [0.25, 0.3) is 10.0 Å². The molecular formula is C19H21N3O2S2. The number of hydrogen-bond donors (Lipinski definition) is 2. The Bertz CT molecular complexity index is 936. The van der Waals surface area contributed by atoms with Gasteiger partial charge in [-0.15, -0.1) is 11.3 Å². The number of benzene rings is 1. The molecule has 3 rings (SSSR count). The highest BCUT2D eigenvalue weighted by Crippen LogP contribution is 2.24. The maximum absolute atomic E-state index is 12.4. The Kier molecular flexibility index (Phi) is 5.90. The van der Waals surface area contributed by atoms with E-state index in [1.165, 1.54) is 16.9 Å². The molecule has 5 nitrogen and oxygen atoms in total. The molecule has 0 spiro atoms. The first kappa shape index (κ1) is 18.4. The van der Waals surface area contributed by atoms with Crippen molar-refractivity contribution in [2.24, 2.45) is 0 Å². The van der Waals surface area contributed by atoms with E-state index in [2.05, 4.69) is 27.2 Å². The van der Waals surface area contributed by atoms with E-state index in [0.29, 0.717) is 10.0 Å². The van der Waals surface area contributed by atoms with Crippen molar-refractivity contribution < 1.29 is 8.42 Å². The Balaban J connectivity index is 1.57. The lowest BCUT2D eigenvalue weighted by Crippen LogP contribution is -2.12. The third-order valence-corrected chi connectivity index (χ3v) is 6.91. The van der Waals surface area contributed by atoms with Crippen molar-refractivity contribution in [2.75, 3.05) is 16.6 Å². The zero-order chi connectivity index (χ0) is 18.4. The van der Waals surface area contributed by atoms with Crippen molar-refractivity contribution in [3.8, 4) is 0 Å². The maximum atomic E-state index is 12.4. The van der Waals surface area contributed by atoms with Crippen LogP contribution in [0.4, 0.5) is 11.5 Å².